The van der Waals surface area contributed by atoms with Crippen LogP contribution in [-0.4, -0.2) is 4.00 Å². The average molecular weight is 300 g/mol. The third-order valence-corrected chi connectivity index (χ3v) is 0.587. The molecule has 0 unspecified atom stereocenters. The number of hydrogen-bond donors (Lipinski definition) is 0. The standard InChI is InChI=1S/C3H3O.Au.Ti/c1-2-3-4;;/h2H,1H2;;. The minimum absolute atomic E-state index is 0. The van der Waals surface area contributed by atoms with Crippen molar-refractivity contribution in [1.82, 2.24) is 0 Å². The molecule has 6 heavy (non-hydrogen) atoms. The summed E-state index contributed by atoms with van der Waals surface area (Å²) >= 11 is 1.81. The summed E-state index contributed by atoms with van der Waals surface area (Å²) in [5.74, 6) is 0. The Bertz CT molecular complexity index is 61.8. The summed E-state index contributed by atoms with van der Waals surface area (Å²) in [4.78, 5) is 9.67. The molecule has 1 nitrogen and oxygen atoms in total. The Morgan fingerprint density at radius 1 is 1.83 bits per heavy atom. The number of carbonyl (C=O) groups is 1. The maximum atomic E-state index is 9.67. The molecular formula is C3H3AuOTi. The first-order valence-electron chi connectivity index (χ1n) is 1.05. The molecule has 0 radical (unpaired) electrons. The van der Waals surface area contributed by atoms with Crippen LogP contribution in [0.5, 0.6) is 0 Å². The number of hydrogen-bond acceptors (Lipinski definition) is 1. The van der Waals surface area contributed by atoms with Crippen molar-refractivity contribution in [2.24, 2.45) is 0 Å². The smallest absolute Gasteiger partial charge is 0 e. The summed E-state index contributed by atoms with van der Waals surface area (Å²) < 4.78 is -0.0370. The monoisotopic (exact) mass is 300 g/mol. The third-order valence-electron chi connectivity index (χ3n) is 0.145. The van der Waals surface area contributed by atoms with Gasteiger partial charge in [-0.3, -0.25) is 0 Å². The van der Waals surface area contributed by atoms with Gasteiger partial charge in [0.15, 0.2) is 0 Å². The van der Waals surface area contributed by atoms with Crippen LogP contribution < -0.4 is 0 Å². The summed E-state index contributed by atoms with van der Waals surface area (Å²) in [7, 11) is 0. The molecule has 0 aromatic heterocycles. The van der Waals surface area contributed by atoms with Gasteiger partial charge in [-0.15, -0.1) is 0 Å². The topological polar surface area (TPSA) is 17.1 Å². The molecule has 0 rings (SSSR count). The normalized spacial score (nSPS) is 5.67. The van der Waals surface area contributed by atoms with Gasteiger partial charge in [0, 0.05) is 21.7 Å². The molecule has 3 heteroatoms. The zero-order valence-electron chi connectivity index (χ0n) is 2.99. The molecule has 0 aliphatic heterocycles. The minimum Gasteiger partial charge on any atom is 0 e. The van der Waals surface area contributed by atoms with Crippen molar-refractivity contribution in [3.8, 4) is 0 Å². The summed E-state index contributed by atoms with van der Waals surface area (Å²) in [5, 5.41) is 0. The predicted octanol–water partition coefficient (Wildman–Crippen LogP) is 0.243. The van der Waals surface area contributed by atoms with Gasteiger partial charge < -0.3 is 0 Å². The van der Waals surface area contributed by atoms with Gasteiger partial charge in [-0.2, -0.15) is 0 Å². The van der Waals surface area contributed by atoms with Crippen LogP contribution in [0.25, 0.3) is 0 Å². The number of allylic oxidation sites excluding steroid dienone is 1. The summed E-state index contributed by atoms with van der Waals surface area (Å²) in [6.07, 6.45) is 1.25. The van der Waals surface area contributed by atoms with Crippen LogP contribution in [0.1, 0.15) is 0 Å². The molecule has 0 aromatic rings. The van der Waals surface area contributed by atoms with E-state index in [1.54, 1.807) is 21.1 Å². The Labute approximate surface area is 64.0 Å². The van der Waals surface area contributed by atoms with E-state index < -0.39 is 0 Å². The summed E-state index contributed by atoms with van der Waals surface area (Å²) in [6.45, 7) is 3.20. The Morgan fingerprint density at radius 3 is 2.00 bits per heavy atom. The van der Waals surface area contributed by atoms with E-state index in [1.807, 2.05) is 0 Å². The van der Waals surface area contributed by atoms with Crippen molar-refractivity contribution in [3.63, 3.8) is 0 Å². The summed E-state index contributed by atoms with van der Waals surface area (Å²) in [5.41, 5.74) is 0. The van der Waals surface area contributed by atoms with Crippen LogP contribution in [0, 0.1) is 0 Å². The molecule has 0 heterocycles. The molecule has 0 aliphatic rings. The Morgan fingerprint density at radius 2 is 2.00 bits per heavy atom. The fourth-order valence-electron chi connectivity index (χ4n) is 0. The molecule has 0 saturated carbocycles. The van der Waals surface area contributed by atoms with Crippen LogP contribution in [0.2, 0.25) is 0 Å². The van der Waals surface area contributed by atoms with Crippen molar-refractivity contribution in [1.29, 1.82) is 0 Å². The zero-order chi connectivity index (χ0) is 4.28. The van der Waals surface area contributed by atoms with Gasteiger partial charge in [0.25, 0.3) is 0 Å². The number of rotatable bonds is 1. The molecule has 36 valence electrons. The van der Waals surface area contributed by atoms with E-state index in [0.29, 0.717) is 0 Å². The van der Waals surface area contributed by atoms with Gasteiger partial charge in [-0.25, -0.2) is 0 Å². The SMILES string of the molecule is C=C[C](=O)[Au].[Ti]. The zero-order valence-corrected chi connectivity index (χ0v) is 6.72. The largest absolute Gasteiger partial charge is 0 e. The second kappa shape index (κ2) is 5.86. The van der Waals surface area contributed by atoms with Gasteiger partial charge in [0.2, 0.25) is 0 Å². The van der Waals surface area contributed by atoms with Crippen molar-refractivity contribution < 1.29 is 47.6 Å². The maximum Gasteiger partial charge on any atom is 0 e. The van der Waals surface area contributed by atoms with Crippen LogP contribution in [0.3, 0.4) is 0 Å². The van der Waals surface area contributed by atoms with E-state index in [-0.39, 0.29) is 25.7 Å². The average Bonchev–Trinajstić information content (AvgIpc) is 1.38. The van der Waals surface area contributed by atoms with Gasteiger partial charge in [-0.05, 0) is 0 Å². The van der Waals surface area contributed by atoms with Gasteiger partial charge >= 0.3 is 42.5 Å². The first-order valence-corrected chi connectivity index (χ1v) is 2.14. The molecule has 0 aliphatic carbocycles. The summed E-state index contributed by atoms with van der Waals surface area (Å²) in [6, 6.07) is 0. The molecule has 0 N–H and O–H groups in total. The molecule has 0 amide bonds. The van der Waals surface area contributed by atoms with Gasteiger partial charge in [-0.1, -0.05) is 0 Å². The van der Waals surface area contributed by atoms with Gasteiger partial charge in [0.05, 0.1) is 0 Å². The van der Waals surface area contributed by atoms with Crippen molar-refractivity contribution in [2.75, 3.05) is 0 Å². The van der Waals surface area contributed by atoms with E-state index in [0.717, 1.165) is 0 Å². The molecule has 0 saturated heterocycles. The van der Waals surface area contributed by atoms with Crippen LogP contribution in [0.4, 0.5) is 0 Å². The molecule has 0 fully saturated rings. The van der Waals surface area contributed by atoms with E-state index in [2.05, 4.69) is 6.58 Å². The van der Waals surface area contributed by atoms with E-state index in [4.69, 9.17) is 0 Å². The quantitative estimate of drug-likeness (QED) is 0.501. The Kier molecular flexibility index (Phi) is 9.75. The van der Waals surface area contributed by atoms with Crippen LogP contribution in [0.15, 0.2) is 12.7 Å². The Hall–Kier alpha value is 0.865. The second-order valence-electron chi connectivity index (χ2n) is 0.471. The molecule has 0 spiro atoms. The molecule has 0 bridgehead atoms. The predicted molar refractivity (Wildman–Crippen MR) is 15.2 cm³/mol. The fourth-order valence-corrected chi connectivity index (χ4v) is 0. The molecule has 0 aromatic carbocycles. The van der Waals surface area contributed by atoms with Gasteiger partial charge in [0.1, 0.15) is 0 Å². The fraction of sp³-hybridized carbons (Fsp3) is 0. The first-order chi connectivity index (χ1) is 2.27. The van der Waals surface area contributed by atoms with E-state index >= 15 is 0 Å². The van der Waals surface area contributed by atoms with Crippen LogP contribution in [-0.2, 0) is 47.6 Å². The molecule has 0 atom stereocenters. The second-order valence-corrected chi connectivity index (χ2v) is 1.54. The third kappa shape index (κ3) is 8.85. The first kappa shape index (κ1) is 9.98. The van der Waals surface area contributed by atoms with Crippen LogP contribution >= 0.6 is 0 Å². The maximum absolute atomic E-state index is 9.67. The molecular weight excluding hydrogens is 297 g/mol. The van der Waals surface area contributed by atoms with Crippen molar-refractivity contribution >= 4 is 4.00 Å². The number of carbonyl (C=O) groups excluding carboxylic acids is 1. The van der Waals surface area contributed by atoms with E-state index in [9.17, 15) is 4.79 Å². The van der Waals surface area contributed by atoms with Crippen molar-refractivity contribution in [3.05, 3.63) is 12.7 Å². The minimum atomic E-state index is -0.0370. The van der Waals surface area contributed by atoms with Crippen molar-refractivity contribution in [2.45, 2.75) is 0 Å². The van der Waals surface area contributed by atoms with E-state index in [1.165, 1.54) is 6.08 Å². The Balaban J connectivity index is 0.